The number of terminal acetylenes is 1. The maximum atomic E-state index is 11.5. The number of hydrogen-bond donors (Lipinski definition) is 2. The number of carbonyl (C=O) groups is 1. The van der Waals surface area contributed by atoms with Gasteiger partial charge in [-0.25, -0.2) is 4.79 Å². The second-order valence-corrected chi connectivity index (χ2v) is 4.06. The smallest absolute Gasteiger partial charge is 0.319 e. The topological polar surface area (TPSA) is 41.1 Å². The third kappa shape index (κ3) is 4.80. The molecule has 0 saturated carbocycles. The van der Waals surface area contributed by atoms with Gasteiger partial charge in [-0.2, -0.15) is 0 Å². The van der Waals surface area contributed by atoms with E-state index in [-0.39, 0.29) is 6.03 Å². The predicted octanol–water partition coefficient (Wildman–Crippen LogP) is 3.18. The van der Waals surface area contributed by atoms with Crippen LogP contribution in [0.4, 0.5) is 10.5 Å². The highest BCUT2D eigenvalue weighted by Crippen LogP contribution is 2.19. The fourth-order valence-electron chi connectivity index (χ4n) is 1.24. The van der Waals surface area contributed by atoms with Crippen molar-refractivity contribution in [3.05, 3.63) is 28.8 Å². The Kier molecular flexibility index (Phi) is 5.38. The van der Waals surface area contributed by atoms with E-state index in [1.54, 1.807) is 6.07 Å². The molecule has 0 fully saturated rings. The van der Waals surface area contributed by atoms with Crippen molar-refractivity contribution in [3.8, 4) is 12.3 Å². The van der Waals surface area contributed by atoms with Gasteiger partial charge < -0.3 is 10.6 Å². The van der Waals surface area contributed by atoms with Crippen molar-refractivity contribution in [1.29, 1.82) is 0 Å². The monoisotopic (exact) mass is 250 g/mol. The molecule has 90 valence electrons. The molecule has 0 aliphatic heterocycles. The summed E-state index contributed by atoms with van der Waals surface area (Å²) in [5.74, 6) is 2.52. The molecule has 0 bridgehead atoms. The minimum absolute atomic E-state index is 0.248. The second kappa shape index (κ2) is 6.82. The molecule has 1 rings (SSSR count). The van der Waals surface area contributed by atoms with Gasteiger partial charge in [0.25, 0.3) is 0 Å². The lowest BCUT2D eigenvalue weighted by atomic mass is 10.2. The SMILES string of the molecule is C#CCCCNC(=O)Nc1ccc(C)c(Cl)c1. The number of aryl methyl sites for hydroxylation is 1. The lowest BCUT2D eigenvalue weighted by Crippen LogP contribution is -2.29. The molecule has 0 unspecified atom stereocenters. The van der Waals surface area contributed by atoms with E-state index in [1.165, 1.54) is 0 Å². The Morgan fingerprint density at radius 3 is 2.94 bits per heavy atom. The number of urea groups is 1. The highest BCUT2D eigenvalue weighted by molar-refractivity contribution is 6.31. The summed E-state index contributed by atoms with van der Waals surface area (Å²) in [6.45, 7) is 2.47. The van der Waals surface area contributed by atoms with Crippen LogP contribution >= 0.6 is 11.6 Å². The lowest BCUT2D eigenvalue weighted by Gasteiger charge is -2.08. The van der Waals surface area contributed by atoms with Crippen molar-refractivity contribution in [2.75, 3.05) is 11.9 Å². The molecule has 0 aliphatic rings. The number of benzene rings is 1. The number of unbranched alkanes of at least 4 members (excludes halogenated alkanes) is 1. The number of rotatable bonds is 4. The van der Waals surface area contributed by atoms with Crippen LogP contribution in [0.3, 0.4) is 0 Å². The third-order valence-electron chi connectivity index (χ3n) is 2.21. The molecule has 17 heavy (non-hydrogen) atoms. The van der Waals surface area contributed by atoms with Crippen LogP contribution in [0.5, 0.6) is 0 Å². The first kappa shape index (κ1) is 13.4. The van der Waals surface area contributed by atoms with E-state index in [4.69, 9.17) is 18.0 Å². The quantitative estimate of drug-likeness (QED) is 0.625. The number of halogens is 1. The van der Waals surface area contributed by atoms with Crippen LogP contribution < -0.4 is 10.6 Å². The number of anilines is 1. The van der Waals surface area contributed by atoms with Gasteiger partial charge in [-0.05, 0) is 31.0 Å². The van der Waals surface area contributed by atoms with Gasteiger partial charge in [0.15, 0.2) is 0 Å². The first-order valence-corrected chi connectivity index (χ1v) is 5.75. The van der Waals surface area contributed by atoms with Gasteiger partial charge in [0.05, 0.1) is 0 Å². The van der Waals surface area contributed by atoms with Crippen LogP contribution in [0.1, 0.15) is 18.4 Å². The van der Waals surface area contributed by atoms with Crippen LogP contribution in [-0.4, -0.2) is 12.6 Å². The van der Waals surface area contributed by atoms with Gasteiger partial charge in [0, 0.05) is 23.7 Å². The van der Waals surface area contributed by atoms with Crippen molar-refractivity contribution in [2.24, 2.45) is 0 Å². The summed E-state index contributed by atoms with van der Waals surface area (Å²) in [6.07, 6.45) is 6.55. The summed E-state index contributed by atoms with van der Waals surface area (Å²) >= 11 is 5.95. The van der Waals surface area contributed by atoms with Crippen LogP contribution in [0.2, 0.25) is 5.02 Å². The Hall–Kier alpha value is -1.66. The van der Waals surface area contributed by atoms with Crippen LogP contribution in [0.25, 0.3) is 0 Å². The van der Waals surface area contributed by atoms with E-state index < -0.39 is 0 Å². The van der Waals surface area contributed by atoms with E-state index in [2.05, 4.69) is 16.6 Å². The summed E-state index contributed by atoms with van der Waals surface area (Å²) in [5, 5.41) is 6.05. The largest absolute Gasteiger partial charge is 0.338 e. The summed E-state index contributed by atoms with van der Waals surface area (Å²) in [5.41, 5.74) is 1.65. The Morgan fingerprint density at radius 2 is 2.29 bits per heavy atom. The number of amides is 2. The minimum atomic E-state index is -0.248. The molecule has 4 heteroatoms. The van der Waals surface area contributed by atoms with Gasteiger partial charge >= 0.3 is 6.03 Å². The average molecular weight is 251 g/mol. The molecule has 2 N–H and O–H groups in total. The van der Waals surface area contributed by atoms with Crippen molar-refractivity contribution >= 4 is 23.3 Å². The molecule has 0 aromatic heterocycles. The third-order valence-corrected chi connectivity index (χ3v) is 2.62. The molecule has 3 nitrogen and oxygen atoms in total. The van der Waals surface area contributed by atoms with E-state index in [1.807, 2.05) is 19.1 Å². The Labute approximate surface area is 107 Å². The summed E-state index contributed by atoms with van der Waals surface area (Å²) in [4.78, 5) is 11.5. The first-order chi connectivity index (χ1) is 8.13. The summed E-state index contributed by atoms with van der Waals surface area (Å²) in [6, 6.07) is 5.14. The van der Waals surface area contributed by atoms with Crippen molar-refractivity contribution in [3.63, 3.8) is 0 Å². The van der Waals surface area contributed by atoms with Crippen LogP contribution in [0.15, 0.2) is 18.2 Å². The normalized spacial score (nSPS) is 9.47. The lowest BCUT2D eigenvalue weighted by molar-refractivity contribution is 0.252. The van der Waals surface area contributed by atoms with Gasteiger partial charge in [0.2, 0.25) is 0 Å². The molecule has 0 spiro atoms. The van der Waals surface area contributed by atoms with Crippen molar-refractivity contribution < 1.29 is 4.79 Å². The predicted molar refractivity (Wildman–Crippen MR) is 71.3 cm³/mol. The summed E-state index contributed by atoms with van der Waals surface area (Å²) < 4.78 is 0. The fraction of sp³-hybridized carbons (Fsp3) is 0.308. The Bertz CT molecular complexity index is 438. The van der Waals surface area contributed by atoms with E-state index in [0.29, 0.717) is 23.7 Å². The maximum Gasteiger partial charge on any atom is 0.319 e. The first-order valence-electron chi connectivity index (χ1n) is 5.38. The molecular weight excluding hydrogens is 236 g/mol. The van der Waals surface area contributed by atoms with Crippen LogP contribution in [0, 0.1) is 19.3 Å². The highest BCUT2D eigenvalue weighted by atomic mass is 35.5. The molecule has 0 saturated heterocycles. The number of nitrogens with one attached hydrogen (secondary N) is 2. The van der Waals surface area contributed by atoms with Gasteiger partial charge in [-0.3, -0.25) is 0 Å². The van der Waals surface area contributed by atoms with E-state index in [0.717, 1.165) is 12.0 Å². The number of carbonyl (C=O) groups excluding carboxylic acids is 1. The zero-order valence-electron chi connectivity index (χ0n) is 9.72. The molecule has 0 atom stereocenters. The van der Waals surface area contributed by atoms with Crippen LogP contribution in [-0.2, 0) is 0 Å². The maximum absolute atomic E-state index is 11.5. The zero-order valence-corrected chi connectivity index (χ0v) is 10.5. The van der Waals surface area contributed by atoms with Gasteiger partial charge in [0.1, 0.15) is 0 Å². The molecule has 0 aliphatic carbocycles. The van der Waals surface area contributed by atoms with E-state index >= 15 is 0 Å². The molecule has 2 amide bonds. The second-order valence-electron chi connectivity index (χ2n) is 3.65. The minimum Gasteiger partial charge on any atom is -0.338 e. The van der Waals surface area contributed by atoms with Crippen molar-refractivity contribution in [2.45, 2.75) is 19.8 Å². The molecule has 0 radical (unpaired) electrons. The standard InChI is InChI=1S/C13H15ClN2O/c1-3-4-5-8-15-13(17)16-11-7-6-10(2)12(14)9-11/h1,6-7,9H,4-5,8H2,2H3,(H2,15,16,17). The zero-order chi connectivity index (χ0) is 12.7. The molecule has 1 aromatic carbocycles. The Balaban J connectivity index is 2.40. The van der Waals surface area contributed by atoms with Gasteiger partial charge in [-0.1, -0.05) is 17.7 Å². The molecule has 1 aromatic rings. The average Bonchev–Trinajstić information content (AvgIpc) is 2.30. The fourth-order valence-corrected chi connectivity index (χ4v) is 1.42. The summed E-state index contributed by atoms with van der Waals surface area (Å²) in [7, 11) is 0. The van der Waals surface area contributed by atoms with Crippen molar-refractivity contribution in [1.82, 2.24) is 5.32 Å². The number of hydrogen-bond acceptors (Lipinski definition) is 1. The Morgan fingerprint density at radius 1 is 1.53 bits per heavy atom. The van der Waals surface area contributed by atoms with Gasteiger partial charge in [-0.15, -0.1) is 12.3 Å². The highest BCUT2D eigenvalue weighted by Gasteiger charge is 2.02. The van der Waals surface area contributed by atoms with E-state index in [9.17, 15) is 4.79 Å². The molecular formula is C13H15ClN2O. The molecule has 0 heterocycles.